The number of hydrogen-bond acceptors (Lipinski definition) is 5. The Morgan fingerprint density at radius 3 is 2.38 bits per heavy atom. The molecule has 1 aromatic heterocycles. The molecule has 0 radical (unpaired) electrons. The molecular weight excluding hydrogens is 426 g/mol. The molecule has 3 amide bonds. The monoisotopic (exact) mass is 451 g/mol. The lowest BCUT2D eigenvalue weighted by molar-refractivity contribution is -0.119. The Labute approximate surface area is 190 Å². The summed E-state index contributed by atoms with van der Waals surface area (Å²) in [5.41, 5.74) is 6.56. The number of carbonyl (C=O) groups is 3. The molecule has 0 aliphatic heterocycles. The molecule has 0 atom stereocenters. The Kier molecular flexibility index (Phi) is 6.41. The molecule has 0 unspecified atom stereocenters. The second-order valence-corrected chi connectivity index (χ2v) is 8.86. The molecular formula is C24H25N3O4S. The number of amides is 3. The molecule has 4 rings (SSSR count). The Bertz CT molecular complexity index is 1200. The average Bonchev–Trinajstić information content (AvgIpc) is 2.96. The number of ether oxygens (including phenoxy) is 1. The number of rotatable bonds is 4. The molecule has 3 N–H and O–H groups in total. The summed E-state index contributed by atoms with van der Waals surface area (Å²) in [6.07, 6.45) is 4.77. The molecule has 0 saturated heterocycles. The highest BCUT2D eigenvalue weighted by molar-refractivity contribution is 7.17. The maximum absolute atomic E-state index is 13.3. The Balaban J connectivity index is 1.71. The first-order valence-electron chi connectivity index (χ1n) is 10.6. The molecule has 1 heterocycles. The fourth-order valence-corrected chi connectivity index (χ4v) is 5.30. The van der Waals surface area contributed by atoms with Crippen LogP contribution in [0.1, 0.15) is 57.3 Å². The summed E-state index contributed by atoms with van der Waals surface area (Å²) in [4.78, 5) is 38.6. The van der Waals surface area contributed by atoms with Gasteiger partial charge in [-0.25, -0.2) is 0 Å². The molecule has 1 aliphatic carbocycles. The first-order valence-corrected chi connectivity index (χ1v) is 11.4. The third kappa shape index (κ3) is 4.45. The van der Waals surface area contributed by atoms with Crippen LogP contribution in [0.25, 0.3) is 10.8 Å². The van der Waals surface area contributed by atoms with Crippen molar-refractivity contribution < 1.29 is 19.1 Å². The smallest absolute Gasteiger partial charge is 0.272 e. The summed E-state index contributed by atoms with van der Waals surface area (Å²) >= 11 is 1.43. The van der Waals surface area contributed by atoms with E-state index in [9.17, 15) is 14.4 Å². The third-order valence-electron chi connectivity index (χ3n) is 5.54. The normalized spacial score (nSPS) is 13.1. The van der Waals surface area contributed by atoms with Crippen molar-refractivity contribution in [3.63, 3.8) is 0 Å². The zero-order chi connectivity index (χ0) is 22.7. The lowest BCUT2D eigenvalue weighted by Gasteiger charge is -2.12. The van der Waals surface area contributed by atoms with Crippen LogP contribution in [0.15, 0.2) is 36.4 Å². The molecule has 0 saturated carbocycles. The number of benzene rings is 2. The molecule has 8 heteroatoms. The number of thiophene rings is 1. The highest BCUT2D eigenvalue weighted by Gasteiger charge is 2.27. The lowest BCUT2D eigenvalue weighted by atomic mass is 10.0. The molecule has 32 heavy (non-hydrogen) atoms. The van der Waals surface area contributed by atoms with Crippen LogP contribution in [0.3, 0.4) is 0 Å². The van der Waals surface area contributed by atoms with Gasteiger partial charge in [0.1, 0.15) is 10.8 Å². The minimum Gasteiger partial charge on any atom is -0.496 e. The molecule has 166 valence electrons. The molecule has 7 nitrogen and oxygen atoms in total. The second-order valence-electron chi connectivity index (χ2n) is 7.76. The van der Waals surface area contributed by atoms with Crippen LogP contribution in [0.2, 0.25) is 0 Å². The summed E-state index contributed by atoms with van der Waals surface area (Å²) < 4.78 is 5.47. The highest BCUT2D eigenvalue weighted by atomic mass is 32.1. The van der Waals surface area contributed by atoms with Gasteiger partial charge in [0.05, 0.1) is 18.2 Å². The van der Waals surface area contributed by atoms with Gasteiger partial charge in [0.15, 0.2) is 0 Å². The number of nitrogens with one attached hydrogen (secondary N) is 3. The van der Waals surface area contributed by atoms with Gasteiger partial charge in [0.2, 0.25) is 5.91 Å². The van der Waals surface area contributed by atoms with E-state index >= 15 is 0 Å². The average molecular weight is 452 g/mol. The largest absolute Gasteiger partial charge is 0.496 e. The van der Waals surface area contributed by atoms with Gasteiger partial charge in [-0.15, -0.1) is 11.3 Å². The Hall–Kier alpha value is -3.39. The number of aryl methyl sites for hydroxylation is 1. The van der Waals surface area contributed by atoms with Gasteiger partial charge < -0.3 is 10.1 Å². The maximum Gasteiger partial charge on any atom is 0.272 e. The second kappa shape index (κ2) is 9.40. The van der Waals surface area contributed by atoms with Gasteiger partial charge in [0, 0.05) is 11.8 Å². The van der Waals surface area contributed by atoms with E-state index in [1.165, 1.54) is 25.4 Å². The van der Waals surface area contributed by atoms with Crippen LogP contribution in [0, 0.1) is 0 Å². The van der Waals surface area contributed by atoms with Crippen molar-refractivity contribution in [2.24, 2.45) is 0 Å². The fourth-order valence-electron chi connectivity index (χ4n) is 4.01. The molecule has 3 aromatic rings. The van der Waals surface area contributed by atoms with Crippen molar-refractivity contribution in [2.45, 2.75) is 39.0 Å². The van der Waals surface area contributed by atoms with Crippen LogP contribution < -0.4 is 20.9 Å². The number of fused-ring (bicyclic) bond motifs is 2. The van der Waals surface area contributed by atoms with E-state index in [4.69, 9.17) is 4.74 Å². The van der Waals surface area contributed by atoms with Crippen LogP contribution in [0.5, 0.6) is 5.75 Å². The van der Waals surface area contributed by atoms with E-state index in [-0.39, 0.29) is 11.8 Å². The predicted molar refractivity (Wildman–Crippen MR) is 125 cm³/mol. The van der Waals surface area contributed by atoms with Crippen molar-refractivity contribution in [2.75, 3.05) is 12.4 Å². The molecule has 1 aliphatic rings. The summed E-state index contributed by atoms with van der Waals surface area (Å²) in [5.74, 6) is -0.687. The molecule has 0 spiro atoms. The number of hydrogen-bond donors (Lipinski definition) is 3. The number of hydrazine groups is 1. The number of methoxy groups -OCH3 is 1. The zero-order valence-electron chi connectivity index (χ0n) is 18.0. The number of anilines is 1. The van der Waals surface area contributed by atoms with Crippen LogP contribution in [-0.4, -0.2) is 24.8 Å². The fraction of sp³-hybridized carbons (Fsp3) is 0.292. The SMILES string of the molecule is COc1cc2ccccc2cc1C(=O)Nc1sc2c(c1C(=O)NNC(C)=O)CCCCC2. The summed E-state index contributed by atoms with van der Waals surface area (Å²) in [6, 6.07) is 11.4. The molecule has 0 bridgehead atoms. The number of carbonyl (C=O) groups excluding carboxylic acids is 3. The lowest BCUT2D eigenvalue weighted by Crippen LogP contribution is -2.40. The van der Waals surface area contributed by atoms with E-state index in [0.717, 1.165) is 53.3 Å². The first kappa shape index (κ1) is 21.8. The van der Waals surface area contributed by atoms with Gasteiger partial charge >= 0.3 is 0 Å². The first-order chi connectivity index (χ1) is 15.5. The van der Waals surface area contributed by atoms with Gasteiger partial charge in [-0.3, -0.25) is 25.2 Å². The van der Waals surface area contributed by atoms with Crippen LogP contribution in [0.4, 0.5) is 5.00 Å². The Morgan fingerprint density at radius 2 is 1.66 bits per heavy atom. The van der Waals surface area contributed by atoms with Gasteiger partial charge in [-0.05, 0) is 54.2 Å². The van der Waals surface area contributed by atoms with Gasteiger partial charge in [0.25, 0.3) is 11.8 Å². The quantitative estimate of drug-likeness (QED) is 0.409. The summed E-state index contributed by atoms with van der Waals surface area (Å²) in [6.45, 7) is 1.32. The van der Waals surface area contributed by atoms with Crippen molar-refractivity contribution in [3.8, 4) is 5.75 Å². The van der Waals surface area contributed by atoms with Crippen molar-refractivity contribution in [1.29, 1.82) is 0 Å². The van der Waals surface area contributed by atoms with Crippen molar-refractivity contribution in [3.05, 3.63) is 58.0 Å². The molecule has 2 aromatic carbocycles. The van der Waals surface area contributed by atoms with Crippen LogP contribution >= 0.6 is 11.3 Å². The van der Waals surface area contributed by atoms with E-state index in [2.05, 4.69) is 16.2 Å². The summed E-state index contributed by atoms with van der Waals surface area (Å²) in [5, 5.41) is 5.32. The van der Waals surface area contributed by atoms with E-state index in [1.807, 2.05) is 30.3 Å². The minimum atomic E-state index is -0.430. The maximum atomic E-state index is 13.3. The van der Waals surface area contributed by atoms with E-state index in [1.54, 1.807) is 6.07 Å². The topological polar surface area (TPSA) is 96.5 Å². The zero-order valence-corrected chi connectivity index (χ0v) is 18.9. The van der Waals surface area contributed by atoms with Crippen molar-refractivity contribution in [1.82, 2.24) is 10.9 Å². The third-order valence-corrected chi connectivity index (χ3v) is 6.75. The van der Waals surface area contributed by atoms with E-state index in [0.29, 0.717) is 21.9 Å². The van der Waals surface area contributed by atoms with E-state index < -0.39 is 5.91 Å². The Morgan fingerprint density at radius 1 is 0.938 bits per heavy atom. The van der Waals surface area contributed by atoms with Crippen molar-refractivity contribution >= 4 is 44.8 Å². The van der Waals surface area contributed by atoms with Gasteiger partial charge in [-0.1, -0.05) is 30.7 Å². The minimum absolute atomic E-state index is 0.349. The summed E-state index contributed by atoms with van der Waals surface area (Å²) in [7, 11) is 1.53. The van der Waals surface area contributed by atoms with Gasteiger partial charge in [-0.2, -0.15) is 0 Å². The highest BCUT2D eigenvalue weighted by Crippen LogP contribution is 2.38. The standard InChI is InChI=1S/C24H25N3O4S/c1-14(28)26-27-23(30)21-17-10-4-3-5-11-20(17)32-24(21)25-22(29)18-12-15-8-6-7-9-16(15)13-19(18)31-2/h6-9,12-13H,3-5,10-11H2,1-2H3,(H,25,29)(H,26,28)(H,27,30). The van der Waals surface area contributed by atoms with Crippen LogP contribution in [-0.2, 0) is 17.6 Å². The molecule has 0 fully saturated rings. The predicted octanol–water partition coefficient (Wildman–Crippen LogP) is 4.21.